The van der Waals surface area contributed by atoms with Crippen LogP contribution in [0.3, 0.4) is 0 Å². The van der Waals surface area contributed by atoms with Crippen molar-refractivity contribution < 1.29 is 14.3 Å². The first-order chi connectivity index (χ1) is 11.2. The monoisotopic (exact) mass is 334 g/mol. The van der Waals surface area contributed by atoms with E-state index in [1.165, 1.54) is 12.3 Å². The molecule has 1 heterocycles. The number of benzene rings is 1. The van der Waals surface area contributed by atoms with Crippen LogP contribution in [-0.4, -0.2) is 37.2 Å². The zero-order valence-electron chi connectivity index (χ0n) is 13.3. The summed E-state index contributed by atoms with van der Waals surface area (Å²) in [6.07, 6.45) is 1.37. The summed E-state index contributed by atoms with van der Waals surface area (Å²) in [7, 11) is 5.83. The van der Waals surface area contributed by atoms with Gasteiger partial charge in [0, 0.05) is 12.1 Å². The van der Waals surface area contributed by atoms with E-state index in [9.17, 15) is 20.2 Å². The summed E-state index contributed by atoms with van der Waals surface area (Å²) in [5.74, 6) is 1.19. The number of nitro benzene ring substituents is 2. The Morgan fingerprint density at radius 2 is 1.83 bits per heavy atom. The molecule has 2 aromatic rings. The predicted molar refractivity (Wildman–Crippen MR) is 89.2 cm³/mol. The van der Waals surface area contributed by atoms with Gasteiger partial charge in [-0.2, -0.15) is 5.10 Å². The Balaban J connectivity index is 2.18. The van der Waals surface area contributed by atoms with Crippen molar-refractivity contribution in [3.05, 3.63) is 56.3 Å². The second-order valence-corrected chi connectivity index (χ2v) is 5.77. The standard InChI is InChI=1S/C14H16N5O5/c1-19(2,3)14-7-5-11(24-14)9-15-16-12-6-4-10(17(20)21)8-13(12)18(22)23/h4-9,16H,1-3H3/q+1/b15-9+. The lowest BCUT2D eigenvalue weighted by Gasteiger charge is -2.18. The van der Waals surface area contributed by atoms with E-state index in [1.807, 2.05) is 21.1 Å². The molecule has 0 amide bonds. The number of rotatable bonds is 6. The first kappa shape index (κ1) is 17.1. The van der Waals surface area contributed by atoms with Crippen LogP contribution in [0.15, 0.2) is 39.9 Å². The smallest absolute Gasteiger partial charge is 0.301 e. The first-order valence-electron chi connectivity index (χ1n) is 6.82. The topological polar surface area (TPSA) is 124 Å². The van der Waals surface area contributed by atoms with Crippen LogP contribution in [0.4, 0.5) is 22.9 Å². The lowest BCUT2D eigenvalue weighted by atomic mass is 10.2. The summed E-state index contributed by atoms with van der Waals surface area (Å²) in [4.78, 5) is 20.3. The van der Waals surface area contributed by atoms with Crippen molar-refractivity contribution in [1.29, 1.82) is 0 Å². The number of furan rings is 1. The van der Waals surface area contributed by atoms with Crippen LogP contribution in [0.5, 0.6) is 0 Å². The van der Waals surface area contributed by atoms with Crippen molar-refractivity contribution in [2.45, 2.75) is 0 Å². The Labute approximate surface area is 136 Å². The highest BCUT2D eigenvalue weighted by atomic mass is 16.6. The average Bonchev–Trinajstić information content (AvgIpc) is 2.96. The van der Waals surface area contributed by atoms with Gasteiger partial charge in [0.15, 0.2) is 5.76 Å². The average molecular weight is 334 g/mol. The fraction of sp³-hybridized carbons (Fsp3) is 0.214. The molecule has 126 valence electrons. The summed E-state index contributed by atoms with van der Waals surface area (Å²) in [6, 6.07) is 6.78. The molecule has 2 rings (SSSR count). The second-order valence-electron chi connectivity index (χ2n) is 5.77. The summed E-state index contributed by atoms with van der Waals surface area (Å²) in [5.41, 5.74) is 1.74. The molecule has 0 radical (unpaired) electrons. The number of non-ortho nitro benzene ring substituents is 1. The van der Waals surface area contributed by atoms with E-state index in [2.05, 4.69) is 10.5 Å². The largest absolute Gasteiger partial charge is 0.411 e. The van der Waals surface area contributed by atoms with Gasteiger partial charge in [-0.25, -0.2) is 0 Å². The van der Waals surface area contributed by atoms with Crippen LogP contribution < -0.4 is 9.91 Å². The number of quaternary nitrogens is 1. The summed E-state index contributed by atoms with van der Waals surface area (Å²) >= 11 is 0. The molecular weight excluding hydrogens is 318 g/mol. The van der Waals surface area contributed by atoms with Crippen LogP contribution in [-0.2, 0) is 0 Å². The Morgan fingerprint density at radius 1 is 1.12 bits per heavy atom. The number of nitrogens with one attached hydrogen (secondary N) is 1. The zero-order valence-corrected chi connectivity index (χ0v) is 13.3. The number of hydrogen-bond donors (Lipinski definition) is 1. The summed E-state index contributed by atoms with van der Waals surface area (Å²) in [6.45, 7) is 0. The van der Waals surface area contributed by atoms with Crippen molar-refractivity contribution in [2.75, 3.05) is 26.6 Å². The molecule has 0 aliphatic carbocycles. The molecule has 0 aliphatic heterocycles. The number of hydrazone groups is 1. The van der Waals surface area contributed by atoms with Gasteiger partial charge >= 0.3 is 5.69 Å². The quantitative estimate of drug-likeness (QED) is 0.375. The molecule has 1 aromatic heterocycles. The van der Waals surface area contributed by atoms with E-state index < -0.39 is 15.5 Å². The molecular formula is C14H16N5O5+. The molecule has 0 aliphatic rings. The van der Waals surface area contributed by atoms with E-state index in [0.717, 1.165) is 18.0 Å². The van der Waals surface area contributed by atoms with Gasteiger partial charge < -0.3 is 4.42 Å². The molecule has 24 heavy (non-hydrogen) atoms. The van der Waals surface area contributed by atoms with E-state index in [4.69, 9.17) is 4.42 Å². The highest BCUT2D eigenvalue weighted by molar-refractivity contribution is 5.78. The third-order valence-corrected chi connectivity index (χ3v) is 3.04. The Bertz CT molecular complexity index is 806. The molecule has 0 saturated carbocycles. The minimum absolute atomic E-state index is 0.0419. The second kappa shape index (κ2) is 6.46. The lowest BCUT2D eigenvalue weighted by molar-refractivity contribution is -0.393. The Kier molecular flexibility index (Phi) is 4.60. The molecule has 0 unspecified atom stereocenters. The van der Waals surface area contributed by atoms with Crippen molar-refractivity contribution in [3.63, 3.8) is 0 Å². The van der Waals surface area contributed by atoms with Crippen molar-refractivity contribution in [1.82, 2.24) is 4.48 Å². The number of nitro groups is 2. The van der Waals surface area contributed by atoms with Crippen molar-refractivity contribution >= 4 is 29.2 Å². The number of hydrogen-bond acceptors (Lipinski definition) is 7. The van der Waals surface area contributed by atoms with E-state index in [-0.39, 0.29) is 11.4 Å². The molecule has 0 saturated heterocycles. The van der Waals surface area contributed by atoms with E-state index in [0.29, 0.717) is 10.2 Å². The maximum atomic E-state index is 11.0. The van der Waals surface area contributed by atoms with Gasteiger partial charge in [0.05, 0.1) is 43.3 Å². The van der Waals surface area contributed by atoms with Gasteiger partial charge in [0.25, 0.3) is 11.6 Å². The number of nitrogens with zero attached hydrogens (tertiary/aromatic N) is 4. The van der Waals surface area contributed by atoms with Gasteiger partial charge in [0.2, 0.25) is 0 Å². The van der Waals surface area contributed by atoms with Gasteiger partial charge in [-0.3, -0.25) is 30.1 Å². The molecule has 1 aromatic carbocycles. The van der Waals surface area contributed by atoms with E-state index >= 15 is 0 Å². The Hall–Kier alpha value is -3.27. The maximum absolute atomic E-state index is 11.0. The lowest BCUT2D eigenvalue weighted by Crippen LogP contribution is -2.34. The molecule has 10 nitrogen and oxygen atoms in total. The highest BCUT2D eigenvalue weighted by Gasteiger charge is 2.19. The van der Waals surface area contributed by atoms with Crippen LogP contribution in [0.2, 0.25) is 0 Å². The van der Waals surface area contributed by atoms with E-state index in [1.54, 1.807) is 12.1 Å². The summed E-state index contributed by atoms with van der Waals surface area (Å²) < 4.78 is 6.07. The molecule has 0 atom stereocenters. The van der Waals surface area contributed by atoms with Crippen LogP contribution in [0.1, 0.15) is 5.76 Å². The van der Waals surface area contributed by atoms with Crippen LogP contribution in [0.25, 0.3) is 0 Å². The molecule has 1 N–H and O–H groups in total. The predicted octanol–water partition coefficient (Wildman–Crippen LogP) is 2.74. The van der Waals surface area contributed by atoms with Crippen LogP contribution >= 0.6 is 0 Å². The SMILES string of the molecule is C[N+](C)(C)c1ccc(/C=N/Nc2ccc([N+](=O)[O-])cc2[N+](=O)[O-])o1. The highest BCUT2D eigenvalue weighted by Crippen LogP contribution is 2.29. The Morgan fingerprint density at radius 3 is 2.38 bits per heavy atom. The maximum Gasteiger partial charge on any atom is 0.301 e. The van der Waals surface area contributed by atoms with Gasteiger partial charge in [-0.1, -0.05) is 0 Å². The fourth-order valence-electron chi connectivity index (χ4n) is 1.82. The third-order valence-electron chi connectivity index (χ3n) is 3.04. The van der Waals surface area contributed by atoms with Crippen molar-refractivity contribution in [3.8, 4) is 0 Å². The van der Waals surface area contributed by atoms with Gasteiger partial charge in [-0.15, -0.1) is 0 Å². The third kappa shape index (κ3) is 3.93. The van der Waals surface area contributed by atoms with Gasteiger partial charge in [0.1, 0.15) is 5.69 Å². The van der Waals surface area contributed by atoms with Crippen LogP contribution in [0, 0.1) is 20.2 Å². The summed E-state index contributed by atoms with van der Waals surface area (Å²) in [5, 5.41) is 25.6. The normalized spacial score (nSPS) is 11.6. The minimum atomic E-state index is -0.715. The first-order valence-corrected chi connectivity index (χ1v) is 6.82. The zero-order chi connectivity index (χ0) is 17.9. The minimum Gasteiger partial charge on any atom is -0.411 e. The molecule has 0 bridgehead atoms. The van der Waals surface area contributed by atoms with Gasteiger partial charge in [-0.05, 0) is 12.1 Å². The molecule has 0 fully saturated rings. The molecule has 10 heteroatoms. The van der Waals surface area contributed by atoms with Crippen molar-refractivity contribution in [2.24, 2.45) is 5.10 Å². The number of anilines is 1. The molecule has 0 spiro atoms. The fourth-order valence-corrected chi connectivity index (χ4v) is 1.82.